The first-order valence-electron chi connectivity index (χ1n) is 10.6. The SMILES string of the molecule is CCOc1ccc(S(=O)(=O)N[C@@H](Cc2ccccc2)C(=O)NCc2ccccc2OC)cc1. The smallest absolute Gasteiger partial charge is 0.241 e. The van der Waals surface area contributed by atoms with Gasteiger partial charge in [0.1, 0.15) is 17.5 Å². The highest BCUT2D eigenvalue weighted by Crippen LogP contribution is 2.18. The lowest BCUT2D eigenvalue weighted by Crippen LogP contribution is -2.47. The van der Waals surface area contributed by atoms with Crippen molar-refractivity contribution in [2.45, 2.75) is 30.8 Å². The van der Waals surface area contributed by atoms with Gasteiger partial charge in [-0.15, -0.1) is 0 Å². The van der Waals surface area contributed by atoms with Crippen LogP contribution in [0.5, 0.6) is 11.5 Å². The molecule has 7 nitrogen and oxygen atoms in total. The maximum atomic E-state index is 13.1. The Morgan fingerprint density at radius 3 is 2.27 bits per heavy atom. The van der Waals surface area contributed by atoms with E-state index in [0.29, 0.717) is 18.1 Å². The fourth-order valence-electron chi connectivity index (χ4n) is 3.33. The van der Waals surface area contributed by atoms with E-state index >= 15 is 0 Å². The van der Waals surface area contributed by atoms with Crippen molar-refractivity contribution < 1.29 is 22.7 Å². The minimum atomic E-state index is -3.94. The summed E-state index contributed by atoms with van der Waals surface area (Å²) in [7, 11) is -2.38. The van der Waals surface area contributed by atoms with Gasteiger partial charge in [0.2, 0.25) is 15.9 Å². The summed E-state index contributed by atoms with van der Waals surface area (Å²) in [5, 5.41) is 2.83. The van der Waals surface area contributed by atoms with Crippen molar-refractivity contribution in [3.8, 4) is 11.5 Å². The first kappa shape index (κ1) is 24.3. The zero-order chi connectivity index (χ0) is 23.7. The van der Waals surface area contributed by atoms with Crippen LogP contribution in [-0.4, -0.2) is 34.1 Å². The van der Waals surface area contributed by atoms with Gasteiger partial charge in [-0.3, -0.25) is 4.79 Å². The number of sulfonamides is 1. The molecule has 0 aliphatic rings. The number of amides is 1. The van der Waals surface area contributed by atoms with Crippen molar-refractivity contribution in [1.82, 2.24) is 10.0 Å². The van der Waals surface area contributed by atoms with Gasteiger partial charge >= 0.3 is 0 Å². The van der Waals surface area contributed by atoms with Crippen molar-refractivity contribution in [2.24, 2.45) is 0 Å². The van der Waals surface area contributed by atoms with E-state index < -0.39 is 22.0 Å². The number of hydrogen-bond acceptors (Lipinski definition) is 5. The zero-order valence-corrected chi connectivity index (χ0v) is 19.5. The third-order valence-electron chi connectivity index (χ3n) is 4.99. The highest BCUT2D eigenvalue weighted by molar-refractivity contribution is 7.89. The van der Waals surface area contributed by atoms with Gasteiger partial charge in [-0.25, -0.2) is 8.42 Å². The molecule has 1 atom stereocenters. The summed E-state index contributed by atoms with van der Waals surface area (Å²) in [6, 6.07) is 21.7. The fourth-order valence-corrected chi connectivity index (χ4v) is 4.52. The van der Waals surface area contributed by atoms with Crippen LogP contribution in [0.3, 0.4) is 0 Å². The monoisotopic (exact) mass is 468 g/mol. The molecule has 2 N–H and O–H groups in total. The highest BCUT2D eigenvalue weighted by Gasteiger charge is 2.26. The van der Waals surface area contributed by atoms with Crippen LogP contribution < -0.4 is 19.5 Å². The Balaban J connectivity index is 1.79. The maximum Gasteiger partial charge on any atom is 0.241 e. The normalized spacial score (nSPS) is 12.1. The average Bonchev–Trinajstić information content (AvgIpc) is 2.83. The fraction of sp³-hybridized carbons (Fsp3) is 0.240. The molecule has 8 heteroatoms. The Bertz CT molecular complexity index is 1150. The Morgan fingerprint density at radius 2 is 1.61 bits per heavy atom. The topological polar surface area (TPSA) is 93.7 Å². The molecule has 0 saturated carbocycles. The summed E-state index contributed by atoms with van der Waals surface area (Å²) in [4.78, 5) is 13.1. The standard InChI is InChI=1S/C25H28N2O5S/c1-3-32-21-13-15-22(16-14-21)33(29,30)27-23(17-19-9-5-4-6-10-19)25(28)26-18-20-11-7-8-12-24(20)31-2/h4-16,23,27H,3,17-18H2,1-2H3,(H,26,28)/t23-/m0/s1. The summed E-state index contributed by atoms with van der Waals surface area (Å²) >= 11 is 0. The predicted octanol–water partition coefficient (Wildman–Crippen LogP) is 3.30. The molecule has 0 aromatic heterocycles. The number of carbonyl (C=O) groups excluding carboxylic acids is 1. The predicted molar refractivity (Wildman–Crippen MR) is 127 cm³/mol. The number of para-hydroxylation sites is 1. The molecule has 3 aromatic rings. The van der Waals surface area contributed by atoms with Gasteiger partial charge in [0.05, 0.1) is 18.6 Å². The Kier molecular flexibility index (Phi) is 8.46. The summed E-state index contributed by atoms with van der Waals surface area (Å²) in [5.41, 5.74) is 1.63. The summed E-state index contributed by atoms with van der Waals surface area (Å²) in [6.07, 6.45) is 0.203. The summed E-state index contributed by atoms with van der Waals surface area (Å²) in [5.74, 6) is 0.790. The van der Waals surface area contributed by atoms with Crippen LogP contribution in [0.2, 0.25) is 0 Å². The largest absolute Gasteiger partial charge is 0.496 e. The average molecular weight is 469 g/mol. The van der Waals surface area contributed by atoms with Gasteiger partial charge in [-0.2, -0.15) is 4.72 Å². The molecule has 0 fully saturated rings. The van der Waals surface area contributed by atoms with Crippen LogP contribution in [-0.2, 0) is 27.8 Å². The van der Waals surface area contributed by atoms with Crippen molar-refractivity contribution in [2.75, 3.05) is 13.7 Å². The molecule has 0 unspecified atom stereocenters. The van der Waals surface area contributed by atoms with Crippen LogP contribution in [0.4, 0.5) is 0 Å². The molecule has 174 valence electrons. The third-order valence-corrected chi connectivity index (χ3v) is 6.47. The molecule has 3 rings (SSSR count). The van der Waals surface area contributed by atoms with Crippen LogP contribution >= 0.6 is 0 Å². The number of nitrogens with one attached hydrogen (secondary N) is 2. The molecule has 0 heterocycles. The van der Waals surface area contributed by atoms with Gasteiger partial charge in [-0.1, -0.05) is 48.5 Å². The van der Waals surface area contributed by atoms with Gasteiger partial charge in [-0.05, 0) is 49.2 Å². The van der Waals surface area contributed by atoms with E-state index in [1.54, 1.807) is 25.3 Å². The molecule has 0 aliphatic carbocycles. The minimum absolute atomic E-state index is 0.0570. The molecule has 0 radical (unpaired) electrons. The second kappa shape index (κ2) is 11.5. The van der Waals surface area contributed by atoms with Gasteiger partial charge in [0.15, 0.2) is 0 Å². The quantitative estimate of drug-likeness (QED) is 0.450. The van der Waals surface area contributed by atoms with E-state index in [0.717, 1.165) is 11.1 Å². The maximum absolute atomic E-state index is 13.1. The second-order valence-corrected chi connectivity index (χ2v) is 9.01. The number of benzene rings is 3. The first-order chi connectivity index (χ1) is 15.9. The molecule has 0 aliphatic heterocycles. The summed E-state index contributed by atoms with van der Waals surface area (Å²) < 4.78 is 39.3. The molecular weight excluding hydrogens is 440 g/mol. The van der Waals surface area contributed by atoms with Crippen LogP contribution in [0, 0.1) is 0 Å². The lowest BCUT2D eigenvalue weighted by atomic mass is 10.1. The van der Waals surface area contributed by atoms with Crippen LogP contribution in [0.1, 0.15) is 18.1 Å². The number of hydrogen-bond donors (Lipinski definition) is 2. The zero-order valence-electron chi connectivity index (χ0n) is 18.7. The van der Waals surface area contributed by atoms with Crippen molar-refractivity contribution in [3.63, 3.8) is 0 Å². The molecule has 0 saturated heterocycles. The number of methoxy groups -OCH3 is 1. The van der Waals surface area contributed by atoms with E-state index in [1.165, 1.54) is 12.1 Å². The number of carbonyl (C=O) groups is 1. The van der Waals surface area contributed by atoms with Gasteiger partial charge in [0, 0.05) is 12.1 Å². The molecule has 33 heavy (non-hydrogen) atoms. The van der Waals surface area contributed by atoms with E-state index in [1.807, 2.05) is 55.5 Å². The van der Waals surface area contributed by atoms with Gasteiger partial charge < -0.3 is 14.8 Å². The van der Waals surface area contributed by atoms with Crippen LogP contribution in [0.25, 0.3) is 0 Å². The van der Waals surface area contributed by atoms with E-state index in [4.69, 9.17) is 9.47 Å². The van der Waals surface area contributed by atoms with Crippen LogP contribution in [0.15, 0.2) is 83.8 Å². The van der Waals surface area contributed by atoms with Gasteiger partial charge in [0.25, 0.3) is 0 Å². The Labute approximate surface area is 194 Å². The van der Waals surface area contributed by atoms with Crippen molar-refractivity contribution in [3.05, 3.63) is 90.0 Å². The lowest BCUT2D eigenvalue weighted by molar-refractivity contribution is -0.122. The Hall–Kier alpha value is -3.36. The number of ether oxygens (including phenoxy) is 2. The second-order valence-electron chi connectivity index (χ2n) is 7.30. The summed E-state index contributed by atoms with van der Waals surface area (Å²) in [6.45, 7) is 2.54. The van der Waals surface area contributed by atoms with E-state index in [9.17, 15) is 13.2 Å². The highest BCUT2D eigenvalue weighted by atomic mass is 32.2. The molecule has 1 amide bonds. The molecule has 0 spiro atoms. The Morgan fingerprint density at radius 1 is 0.939 bits per heavy atom. The lowest BCUT2D eigenvalue weighted by Gasteiger charge is -2.19. The van der Waals surface area contributed by atoms with E-state index in [2.05, 4.69) is 10.0 Å². The first-order valence-corrected chi connectivity index (χ1v) is 12.1. The van der Waals surface area contributed by atoms with Crippen molar-refractivity contribution in [1.29, 1.82) is 0 Å². The van der Waals surface area contributed by atoms with Crippen molar-refractivity contribution >= 4 is 15.9 Å². The minimum Gasteiger partial charge on any atom is -0.496 e. The molecule has 3 aromatic carbocycles. The van der Waals surface area contributed by atoms with E-state index in [-0.39, 0.29) is 17.9 Å². The number of rotatable bonds is 11. The third kappa shape index (κ3) is 6.81. The molecular formula is C25H28N2O5S. The molecule has 0 bridgehead atoms.